The van der Waals surface area contributed by atoms with Gasteiger partial charge in [0.25, 0.3) is 0 Å². The van der Waals surface area contributed by atoms with E-state index in [2.05, 4.69) is 121 Å². The molecule has 0 amide bonds. The van der Waals surface area contributed by atoms with Crippen molar-refractivity contribution in [3.05, 3.63) is 236 Å². The number of nitrogens with zero attached hydrogens (tertiary/aromatic N) is 1. The molecule has 0 heterocycles. The van der Waals surface area contributed by atoms with Crippen LogP contribution in [-0.4, -0.2) is 0 Å². The summed E-state index contributed by atoms with van der Waals surface area (Å²) in [7, 11) is 0. The third-order valence-corrected chi connectivity index (χ3v) is 10.8. The molecule has 1 nitrogen and oxygen atoms in total. The molecule has 0 radical (unpaired) electrons. The summed E-state index contributed by atoms with van der Waals surface area (Å²) in [5.41, 5.74) is 10.9. The second kappa shape index (κ2) is 15.0. The minimum atomic E-state index is -0.125. The van der Waals surface area contributed by atoms with Crippen LogP contribution in [0.3, 0.4) is 0 Å². The monoisotopic (exact) mass is 729 g/mol. The molecular weight excluding hydrogens is 687 g/mol. The number of rotatable bonds is 8. The van der Waals surface area contributed by atoms with Crippen LogP contribution in [0.4, 0.5) is 17.1 Å². The lowest BCUT2D eigenvalue weighted by molar-refractivity contribution is 1.28. The number of hydrogen-bond donors (Lipinski definition) is 0. The van der Waals surface area contributed by atoms with Crippen molar-refractivity contribution in [2.45, 2.75) is 0 Å². The summed E-state index contributed by atoms with van der Waals surface area (Å²) in [4.78, 5) is 1.91. The molecule has 0 spiro atoms. The Balaban J connectivity index is 1.20. The number of fused-ring (bicyclic) bond motifs is 2. The number of para-hydroxylation sites is 1. The Morgan fingerprint density at radius 1 is 0.263 bits per heavy atom. The zero-order chi connectivity index (χ0) is 41.5. The summed E-state index contributed by atoms with van der Waals surface area (Å²) in [5, 5.41) is 4.14. The molecule has 0 atom stereocenters. The third kappa shape index (κ3) is 6.46. The van der Waals surface area contributed by atoms with E-state index in [1.54, 1.807) is 0 Å². The van der Waals surface area contributed by atoms with Crippen molar-refractivity contribution in [1.29, 1.82) is 0 Å². The molecule has 0 aliphatic heterocycles. The van der Waals surface area contributed by atoms with Crippen LogP contribution in [0.25, 0.3) is 77.2 Å². The van der Waals surface area contributed by atoms with E-state index in [0.29, 0.717) is 11.3 Å². The van der Waals surface area contributed by atoms with Crippen LogP contribution in [0.1, 0.15) is 5.48 Å². The molecule has 268 valence electrons. The maximum Gasteiger partial charge on any atom is 0.0645 e. The van der Waals surface area contributed by atoms with Crippen LogP contribution in [0.15, 0.2) is 236 Å². The first kappa shape index (κ1) is 29.8. The highest BCUT2D eigenvalue weighted by molar-refractivity contribution is 6.00. The molecule has 0 aliphatic rings. The highest BCUT2D eigenvalue weighted by atomic mass is 15.1. The summed E-state index contributed by atoms with van der Waals surface area (Å²) in [6.07, 6.45) is 0. The predicted molar refractivity (Wildman–Crippen MR) is 243 cm³/mol. The van der Waals surface area contributed by atoms with Crippen LogP contribution in [0.5, 0.6) is 0 Å². The summed E-state index contributed by atoms with van der Waals surface area (Å²) < 4.78 is 38.7. The molecule has 10 aromatic rings. The Labute approximate surface area is 340 Å². The fourth-order valence-corrected chi connectivity index (χ4v) is 8.09. The minimum absolute atomic E-state index is 0.0978. The van der Waals surface area contributed by atoms with E-state index in [9.17, 15) is 5.48 Å². The standard InChI is InChI=1S/C56H39N/c1-2-16-40(17-3-1)51-24-8-9-25-52(51)53-26-10-11-27-54(53)55-28-12-13-31-56(55)57(45-36-32-43(33-37-45)49-29-14-20-41-18-4-6-22-47(41)49)46-38-34-44(35-39-46)50-30-15-21-42-19-5-7-23-48(42)50/h1-39H/i32D,33D,36D,37D. The van der Waals surface area contributed by atoms with E-state index >= 15 is 0 Å². The molecule has 0 bridgehead atoms. The van der Waals surface area contributed by atoms with Crippen molar-refractivity contribution < 1.29 is 5.48 Å². The fraction of sp³-hybridized carbons (Fsp3) is 0. The van der Waals surface area contributed by atoms with E-state index in [-0.39, 0.29) is 35.4 Å². The van der Waals surface area contributed by atoms with Crippen LogP contribution in [0, 0.1) is 0 Å². The van der Waals surface area contributed by atoms with Gasteiger partial charge in [-0.15, -0.1) is 0 Å². The van der Waals surface area contributed by atoms with Gasteiger partial charge in [0.15, 0.2) is 0 Å². The van der Waals surface area contributed by atoms with Gasteiger partial charge in [0, 0.05) is 16.9 Å². The van der Waals surface area contributed by atoms with Crippen LogP contribution < -0.4 is 4.90 Å². The lowest BCUT2D eigenvalue weighted by Gasteiger charge is -2.29. The summed E-state index contributed by atoms with van der Waals surface area (Å²) in [6.45, 7) is 0. The molecule has 0 fully saturated rings. The Morgan fingerprint density at radius 3 is 1.32 bits per heavy atom. The van der Waals surface area contributed by atoms with Gasteiger partial charge in [0.1, 0.15) is 0 Å². The van der Waals surface area contributed by atoms with E-state index in [0.717, 1.165) is 71.7 Å². The van der Waals surface area contributed by atoms with Gasteiger partial charge in [-0.3, -0.25) is 0 Å². The number of anilines is 3. The van der Waals surface area contributed by atoms with Gasteiger partial charge in [-0.2, -0.15) is 0 Å². The zero-order valence-electron chi connectivity index (χ0n) is 35.2. The van der Waals surface area contributed by atoms with Crippen LogP contribution in [-0.2, 0) is 0 Å². The third-order valence-electron chi connectivity index (χ3n) is 10.8. The SMILES string of the molecule is [2H]c1c([2H])c(N(c2ccc(-c3cccc4ccccc34)cc2)c2ccccc2-c2ccccc2-c2ccccc2-c2ccccc2)c([2H])c([2H])c1-c1cccc2ccccc12. The molecule has 0 saturated carbocycles. The number of benzene rings is 10. The smallest absolute Gasteiger partial charge is 0.0645 e. The summed E-state index contributed by atoms with van der Waals surface area (Å²) in [5.74, 6) is 0. The van der Waals surface area contributed by atoms with E-state index in [4.69, 9.17) is 0 Å². The average Bonchev–Trinajstić information content (AvgIpc) is 3.32. The van der Waals surface area contributed by atoms with Crippen molar-refractivity contribution in [3.8, 4) is 55.6 Å². The molecular formula is C56H39N. The minimum Gasteiger partial charge on any atom is -0.310 e. The van der Waals surface area contributed by atoms with Gasteiger partial charge >= 0.3 is 0 Å². The van der Waals surface area contributed by atoms with Gasteiger partial charge in [0.2, 0.25) is 0 Å². The first-order valence-corrected chi connectivity index (χ1v) is 19.3. The second-order valence-corrected chi connectivity index (χ2v) is 14.1. The Morgan fingerprint density at radius 2 is 0.684 bits per heavy atom. The van der Waals surface area contributed by atoms with E-state index in [1.165, 1.54) is 0 Å². The van der Waals surface area contributed by atoms with Crippen LogP contribution in [0.2, 0.25) is 0 Å². The van der Waals surface area contributed by atoms with Crippen LogP contribution >= 0.6 is 0 Å². The quantitative estimate of drug-likeness (QED) is 0.151. The van der Waals surface area contributed by atoms with E-state index < -0.39 is 0 Å². The van der Waals surface area contributed by atoms with Crippen molar-refractivity contribution in [3.63, 3.8) is 0 Å². The predicted octanol–water partition coefficient (Wildman–Crippen LogP) is 15.8. The molecule has 0 aromatic heterocycles. The van der Waals surface area contributed by atoms with Crippen molar-refractivity contribution in [2.24, 2.45) is 0 Å². The molecule has 0 unspecified atom stereocenters. The summed E-state index contributed by atoms with van der Waals surface area (Å²) in [6, 6.07) is 71.4. The topological polar surface area (TPSA) is 3.24 Å². The molecule has 57 heavy (non-hydrogen) atoms. The highest BCUT2D eigenvalue weighted by Gasteiger charge is 2.20. The lowest BCUT2D eigenvalue weighted by Crippen LogP contribution is -2.11. The highest BCUT2D eigenvalue weighted by Crippen LogP contribution is 2.46. The van der Waals surface area contributed by atoms with Gasteiger partial charge in [0.05, 0.1) is 11.2 Å². The lowest BCUT2D eigenvalue weighted by atomic mass is 9.88. The Hall–Kier alpha value is -7.48. The van der Waals surface area contributed by atoms with Crippen molar-refractivity contribution in [2.75, 3.05) is 4.90 Å². The first-order chi connectivity index (χ1) is 30.0. The maximum absolute atomic E-state index is 9.77. The average molecular weight is 730 g/mol. The van der Waals surface area contributed by atoms with Gasteiger partial charge in [-0.25, -0.2) is 0 Å². The molecule has 1 heteroatoms. The molecule has 10 aromatic carbocycles. The van der Waals surface area contributed by atoms with Crippen molar-refractivity contribution >= 4 is 38.6 Å². The first-order valence-electron chi connectivity index (χ1n) is 21.3. The second-order valence-electron chi connectivity index (χ2n) is 14.1. The Kier molecular flexibility index (Phi) is 7.84. The number of hydrogen-bond acceptors (Lipinski definition) is 1. The van der Waals surface area contributed by atoms with Gasteiger partial charge in [-0.05, 0) is 102 Å². The zero-order valence-corrected chi connectivity index (χ0v) is 31.2. The largest absolute Gasteiger partial charge is 0.310 e. The molecule has 0 N–H and O–H groups in total. The maximum atomic E-state index is 9.77. The normalized spacial score (nSPS) is 12.1. The Bertz CT molecular complexity index is 3210. The summed E-state index contributed by atoms with van der Waals surface area (Å²) >= 11 is 0. The van der Waals surface area contributed by atoms with Crippen molar-refractivity contribution in [1.82, 2.24) is 0 Å². The van der Waals surface area contributed by atoms with Gasteiger partial charge < -0.3 is 4.90 Å². The molecule has 0 saturated heterocycles. The molecule has 0 aliphatic carbocycles. The molecule has 10 rings (SSSR count). The van der Waals surface area contributed by atoms with E-state index in [1.807, 2.05) is 95.9 Å². The van der Waals surface area contributed by atoms with Gasteiger partial charge in [-0.1, -0.05) is 206 Å². The fourth-order valence-electron chi connectivity index (χ4n) is 8.09.